The van der Waals surface area contributed by atoms with Crippen LogP contribution in [0.15, 0.2) is 72.8 Å². The number of carbonyl (C=O) groups excluding carboxylic acids is 3. The van der Waals surface area contributed by atoms with E-state index < -0.39 is 17.9 Å². The molecule has 0 N–H and O–H groups in total. The van der Waals surface area contributed by atoms with Crippen LogP contribution in [-0.4, -0.2) is 24.5 Å². The number of benzene rings is 3. The highest BCUT2D eigenvalue weighted by atomic mass is 35.5. The second-order valence-corrected chi connectivity index (χ2v) is 10.4. The maximum absolute atomic E-state index is 12.6. The molecular weight excluding hydrogens is 536 g/mol. The normalized spacial score (nSPS) is 10.8. The summed E-state index contributed by atoms with van der Waals surface area (Å²) in [5.74, 6) is -0.985. The molecule has 0 amide bonds. The molecule has 6 nitrogen and oxygen atoms in total. The quantitative estimate of drug-likeness (QED) is 0.0974. The van der Waals surface area contributed by atoms with Crippen LogP contribution in [0, 0.1) is 0 Å². The molecule has 1 heterocycles. The van der Waals surface area contributed by atoms with Crippen molar-refractivity contribution in [1.82, 2.24) is 0 Å². The zero-order valence-corrected chi connectivity index (χ0v) is 23.2. The lowest BCUT2D eigenvalue weighted by Crippen LogP contribution is -2.10. The van der Waals surface area contributed by atoms with Crippen LogP contribution in [0.5, 0.6) is 11.5 Å². The zero-order valence-electron chi connectivity index (χ0n) is 21.6. The minimum atomic E-state index is -0.584. The molecule has 0 saturated heterocycles. The van der Waals surface area contributed by atoms with E-state index in [9.17, 15) is 14.4 Å². The molecule has 0 atom stereocenters. The first-order valence-electron chi connectivity index (χ1n) is 12.9. The predicted molar refractivity (Wildman–Crippen MR) is 153 cm³/mol. The fourth-order valence-corrected chi connectivity index (χ4v) is 5.30. The van der Waals surface area contributed by atoms with E-state index in [1.807, 2.05) is 24.3 Å². The van der Waals surface area contributed by atoms with Crippen molar-refractivity contribution >= 4 is 50.9 Å². The van der Waals surface area contributed by atoms with E-state index in [2.05, 4.69) is 6.92 Å². The molecule has 0 bridgehead atoms. The van der Waals surface area contributed by atoms with Gasteiger partial charge in [0, 0.05) is 10.1 Å². The van der Waals surface area contributed by atoms with Gasteiger partial charge in [0.25, 0.3) is 0 Å². The summed E-state index contributed by atoms with van der Waals surface area (Å²) in [5.41, 5.74) is 0.669. The number of rotatable bonds is 12. The summed E-state index contributed by atoms with van der Waals surface area (Å²) in [6.07, 6.45) is 6.70. The lowest BCUT2D eigenvalue weighted by atomic mass is 10.1. The number of carbonyl (C=O) groups is 3. The highest BCUT2D eigenvalue weighted by Gasteiger charge is 2.19. The van der Waals surface area contributed by atoms with E-state index in [1.165, 1.54) is 54.9 Å². The van der Waals surface area contributed by atoms with Crippen LogP contribution in [0.2, 0.25) is 5.02 Å². The number of esters is 3. The van der Waals surface area contributed by atoms with Crippen molar-refractivity contribution in [2.45, 2.75) is 45.4 Å². The van der Waals surface area contributed by atoms with Gasteiger partial charge >= 0.3 is 17.9 Å². The zero-order chi connectivity index (χ0) is 27.6. The van der Waals surface area contributed by atoms with Gasteiger partial charge in [-0.05, 0) is 61.0 Å². The summed E-state index contributed by atoms with van der Waals surface area (Å²) in [5, 5.41) is 1.16. The monoisotopic (exact) mass is 564 g/mol. The Morgan fingerprint density at radius 3 is 1.90 bits per heavy atom. The van der Waals surface area contributed by atoms with Crippen LogP contribution in [-0.2, 0) is 4.74 Å². The van der Waals surface area contributed by atoms with Crippen molar-refractivity contribution in [3.8, 4) is 11.5 Å². The molecule has 0 fully saturated rings. The average Bonchev–Trinajstić information content (AvgIpc) is 3.29. The number of hydrogen-bond donors (Lipinski definition) is 0. The number of halogens is 1. The van der Waals surface area contributed by atoms with E-state index in [-0.39, 0.29) is 11.3 Å². The molecule has 0 spiro atoms. The summed E-state index contributed by atoms with van der Waals surface area (Å²) < 4.78 is 17.1. The smallest absolute Gasteiger partial charge is 0.355 e. The van der Waals surface area contributed by atoms with Crippen LogP contribution in [0.4, 0.5) is 0 Å². The predicted octanol–water partition coefficient (Wildman–Crippen LogP) is 8.51. The SMILES string of the molecule is CCCCCCCCOC(=O)c1ccc(OC(=O)c2ccc(OC(=O)c3sc4ccccc4c3Cl)cc2)cc1. The molecule has 39 heavy (non-hydrogen) atoms. The van der Waals surface area contributed by atoms with Gasteiger partial charge in [0.15, 0.2) is 0 Å². The van der Waals surface area contributed by atoms with Crippen LogP contribution in [0.1, 0.15) is 75.8 Å². The lowest BCUT2D eigenvalue weighted by Gasteiger charge is -2.08. The van der Waals surface area contributed by atoms with E-state index >= 15 is 0 Å². The fraction of sp³-hybridized carbons (Fsp3) is 0.258. The third-order valence-corrected chi connectivity index (χ3v) is 7.71. The van der Waals surface area contributed by atoms with Crippen LogP contribution in [0.3, 0.4) is 0 Å². The molecule has 3 aromatic carbocycles. The summed E-state index contributed by atoms with van der Waals surface area (Å²) in [7, 11) is 0. The third-order valence-electron chi connectivity index (χ3n) is 6.05. The molecule has 0 aliphatic heterocycles. The Morgan fingerprint density at radius 2 is 1.26 bits per heavy atom. The van der Waals surface area contributed by atoms with Crippen molar-refractivity contribution in [2.24, 2.45) is 0 Å². The standard InChI is InChI=1S/C31H29ClO6S/c1-2-3-4-5-6-9-20-36-29(33)21-12-16-23(17-13-21)37-30(34)22-14-18-24(19-15-22)38-31(35)28-27(32)25-10-7-8-11-26(25)39-28/h7-8,10-19H,2-6,9,20H2,1H3. The number of hydrogen-bond acceptors (Lipinski definition) is 7. The maximum atomic E-state index is 12.6. The molecule has 0 saturated carbocycles. The van der Waals surface area contributed by atoms with Crippen molar-refractivity contribution < 1.29 is 28.6 Å². The van der Waals surface area contributed by atoms with E-state index in [1.54, 1.807) is 24.3 Å². The van der Waals surface area contributed by atoms with Gasteiger partial charge in [0.2, 0.25) is 0 Å². The molecule has 1 aromatic heterocycles. The summed E-state index contributed by atoms with van der Waals surface area (Å²) in [6, 6.07) is 19.7. The molecule has 0 radical (unpaired) electrons. The molecule has 8 heteroatoms. The van der Waals surface area contributed by atoms with Gasteiger partial charge in [-0.15, -0.1) is 11.3 Å². The molecule has 0 aliphatic rings. The van der Waals surface area contributed by atoms with Crippen molar-refractivity contribution in [3.63, 3.8) is 0 Å². The Hall–Kier alpha value is -3.68. The van der Waals surface area contributed by atoms with Crippen LogP contribution in [0.25, 0.3) is 10.1 Å². The number of thiophene rings is 1. The lowest BCUT2D eigenvalue weighted by molar-refractivity contribution is 0.0497. The largest absolute Gasteiger partial charge is 0.462 e. The van der Waals surface area contributed by atoms with Gasteiger partial charge in [0.1, 0.15) is 16.4 Å². The molecular formula is C31H29ClO6S. The third kappa shape index (κ3) is 7.68. The van der Waals surface area contributed by atoms with Crippen molar-refractivity contribution in [3.05, 3.63) is 93.8 Å². The van der Waals surface area contributed by atoms with Gasteiger partial charge in [-0.1, -0.05) is 68.8 Å². The summed E-state index contributed by atoms with van der Waals surface area (Å²) in [6.45, 7) is 2.57. The topological polar surface area (TPSA) is 78.9 Å². The minimum Gasteiger partial charge on any atom is -0.462 e. The average molecular weight is 565 g/mol. The molecule has 0 unspecified atom stereocenters. The van der Waals surface area contributed by atoms with Gasteiger partial charge in [-0.3, -0.25) is 0 Å². The molecule has 4 aromatic rings. The van der Waals surface area contributed by atoms with Crippen LogP contribution >= 0.6 is 22.9 Å². The fourth-order valence-electron chi connectivity index (χ4n) is 3.91. The number of ether oxygens (including phenoxy) is 3. The summed E-state index contributed by atoms with van der Waals surface area (Å²) >= 11 is 7.62. The van der Waals surface area contributed by atoms with Gasteiger partial charge < -0.3 is 14.2 Å². The molecule has 202 valence electrons. The second kappa shape index (κ2) is 13.9. The first-order valence-corrected chi connectivity index (χ1v) is 14.1. The van der Waals surface area contributed by atoms with Gasteiger partial charge in [-0.2, -0.15) is 0 Å². The van der Waals surface area contributed by atoms with E-state index in [0.717, 1.165) is 29.3 Å². The minimum absolute atomic E-state index is 0.272. The first-order chi connectivity index (χ1) is 19.0. The van der Waals surface area contributed by atoms with E-state index in [0.29, 0.717) is 27.8 Å². The van der Waals surface area contributed by atoms with Crippen molar-refractivity contribution in [1.29, 1.82) is 0 Å². The molecule has 0 aliphatic carbocycles. The summed E-state index contributed by atoms with van der Waals surface area (Å²) in [4.78, 5) is 37.7. The maximum Gasteiger partial charge on any atom is 0.355 e. The Labute approximate surface area is 236 Å². The highest BCUT2D eigenvalue weighted by Crippen LogP contribution is 2.35. The van der Waals surface area contributed by atoms with E-state index in [4.69, 9.17) is 25.8 Å². The Kier molecular flexibility index (Phi) is 10.1. The first kappa shape index (κ1) is 28.3. The van der Waals surface area contributed by atoms with Gasteiger partial charge in [-0.25, -0.2) is 14.4 Å². The number of unbranched alkanes of at least 4 members (excludes halogenated alkanes) is 5. The Balaban J connectivity index is 1.26. The second-order valence-electron chi connectivity index (χ2n) is 8.97. The Bertz CT molecular complexity index is 1430. The molecule has 4 rings (SSSR count). The highest BCUT2D eigenvalue weighted by molar-refractivity contribution is 7.21. The Morgan fingerprint density at radius 1 is 0.692 bits per heavy atom. The number of fused-ring (bicyclic) bond motifs is 1. The van der Waals surface area contributed by atoms with Crippen LogP contribution < -0.4 is 9.47 Å². The van der Waals surface area contributed by atoms with Crippen molar-refractivity contribution in [2.75, 3.05) is 6.61 Å². The van der Waals surface area contributed by atoms with Gasteiger partial charge in [0.05, 0.1) is 22.8 Å².